The maximum Gasteiger partial charge on any atom is 0.413 e. The van der Waals surface area contributed by atoms with E-state index in [2.05, 4.69) is 9.47 Å². The molecular weight excluding hydrogens is 246 g/mol. The predicted molar refractivity (Wildman–Crippen MR) is 70.2 cm³/mol. The molecule has 0 N–H and O–H groups in total. The van der Waals surface area contributed by atoms with Crippen LogP contribution >= 0.6 is 0 Å². The molecule has 0 heterocycles. The van der Waals surface area contributed by atoms with E-state index in [9.17, 15) is 9.59 Å². The van der Waals surface area contributed by atoms with Gasteiger partial charge < -0.3 is 9.47 Å². The zero-order valence-electron chi connectivity index (χ0n) is 11.3. The van der Waals surface area contributed by atoms with Crippen molar-refractivity contribution in [2.45, 2.75) is 13.5 Å². The van der Waals surface area contributed by atoms with E-state index in [1.54, 1.807) is 6.92 Å². The molecule has 0 aliphatic rings. The summed E-state index contributed by atoms with van der Waals surface area (Å²) in [5.41, 5.74) is 1.26. The molecule has 1 aromatic rings. The molecule has 1 amide bonds. The summed E-state index contributed by atoms with van der Waals surface area (Å²) in [7, 11) is 2.58. The summed E-state index contributed by atoms with van der Waals surface area (Å²) >= 11 is 0. The molecule has 0 saturated carbocycles. The van der Waals surface area contributed by atoms with Gasteiger partial charge in [0.1, 0.15) is 0 Å². The quantitative estimate of drug-likeness (QED) is 0.618. The van der Waals surface area contributed by atoms with Crippen LogP contribution in [0.5, 0.6) is 0 Å². The summed E-state index contributed by atoms with van der Waals surface area (Å²) in [5, 5.41) is 0. The standard InChI is InChI=1S/C14H17NO4/c1-11(13(16)18-2)9-15(14(17)19-3)10-12-7-5-4-6-8-12/h4-9H,10H2,1-3H3/b11-9+. The van der Waals surface area contributed by atoms with Crippen LogP contribution < -0.4 is 0 Å². The van der Waals surface area contributed by atoms with Crippen molar-refractivity contribution in [3.05, 3.63) is 47.7 Å². The average molecular weight is 263 g/mol. The number of amides is 1. The van der Waals surface area contributed by atoms with Gasteiger partial charge in [0.05, 0.1) is 26.3 Å². The second-order valence-corrected chi connectivity index (χ2v) is 3.89. The lowest BCUT2D eigenvalue weighted by atomic mass is 10.2. The summed E-state index contributed by atoms with van der Waals surface area (Å²) in [6.45, 7) is 1.90. The number of nitrogens with zero attached hydrogens (tertiary/aromatic N) is 1. The summed E-state index contributed by atoms with van der Waals surface area (Å²) in [4.78, 5) is 24.3. The fourth-order valence-electron chi connectivity index (χ4n) is 1.51. The smallest absolute Gasteiger partial charge is 0.413 e. The lowest BCUT2D eigenvalue weighted by Gasteiger charge is -2.17. The molecule has 0 radical (unpaired) electrons. The van der Waals surface area contributed by atoms with Crippen LogP contribution in [-0.4, -0.2) is 31.2 Å². The van der Waals surface area contributed by atoms with Gasteiger partial charge >= 0.3 is 12.1 Å². The summed E-state index contributed by atoms with van der Waals surface area (Å²) in [5.74, 6) is -0.484. The van der Waals surface area contributed by atoms with Crippen molar-refractivity contribution in [1.29, 1.82) is 0 Å². The van der Waals surface area contributed by atoms with Gasteiger partial charge in [-0.05, 0) is 12.5 Å². The van der Waals surface area contributed by atoms with E-state index >= 15 is 0 Å². The Morgan fingerprint density at radius 1 is 1.16 bits per heavy atom. The van der Waals surface area contributed by atoms with Crippen molar-refractivity contribution in [1.82, 2.24) is 4.90 Å². The molecule has 0 bridgehead atoms. The molecule has 0 spiro atoms. The molecule has 1 rings (SSSR count). The molecule has 0 atom stereocenters. The molecule has 0 aliphatic carbocycles. The van der Waals surface area contributed by atoms with E-state index in [0.29, 0.717) is 12.1 Å². The van der Waals surface area contributed by atoms with Crippen LogP contribution in [0.3, 0.4) is 0 Å². The Morgan fingerprint density at radius 3 is 2.32 bits per heavy atom. The van der Waals surface area contributed by atoms with Crippen molar-refractivity contribution < 1.29 is 19.1 Å². The summed E-state index contributed by atoms with van der Waals surface area (Å²) < 4.78 is 9.28. The second-order valence-electron chi connectivity index (χ2n) is 3.89. The lowest BCUT2D eigenvalue weighted by molar-refractivity contribution is -0.136. The van der Waals surface area contributed by atoms with Gasteiger partial charge in [-0.15, -0.1) is 0 Å². The van der Waals surface area contributed by atoms with Gasteiger partial charge in [-0.2, -0.15) is 0 Å². The van der Waals surface area contributed by atoms with Crippen LogP contribution in [0.4, 0.5) is 4.79 Å². The van der Waals surface area contributed by atoms with E-state index in [1.807, 2.05) is 30.3 Å². The zero-order valence-corrected chi connectivity index (χ0v) is 11.3. The van der Waals surface area contributed by atoms with E-state index < -0.39 is 12.1 Å². The number of hydrogen-bond donors (Lipinski definition) is 0. The molecule has 0 aromatic heterocycles. The van der Waals surface area contributed by atoms with Gasteiger partial charge in [-0.25, -0.2) is 9.59 Å². The first kappa shape index (κ1) is 14.8. The Hall–Kier alpha value is -2.30. The van der Waals surface area contributed by atoms with E-state index in [4.69, 9.17) is 0 Å². The molecule has 1 aromatic carbocycles. The minimum atomic E-state index is -0.535. The molecule has 19 heavy (non-hydrogen) atoms. The van der Waals surface area contributed by atoms with Crippen molar-refractivity contribution in [2.75, 3.05) is 14.2 Å². The van der Waals surface area contributed by atoms with E-state index in [0.717, 1.165) is 5.56 Å². The van der Waals surface area contributed by atoms with Crippen LogP contribution in [0.2, 0.25) is 0 Å². The molecular formula is C14H17NO4. The highest BCUT2D eigenvalue weighted by atomic mass is 16.5. The predicted octanol–water partition coefficient (Wildman–Crippen LogP) is 2.33. The Bertz CT molecular complexity index is 468. The molecule has 102 valence electrons. The first-order valence-electron chi connectivity index (χ1n) is 5.73. The number of carbonyl (C=O) groups excluding carboxylic acids is 2. The Labute approximate surface area is 112 Å². The minimum absolute atomic E-state index is 0.321. The number of methoxy groups -OCH3 is 2. The number of esters is 1. The third-order valence-corrected chi connectivity index (χ3v) is 2.46. The minimum Gasteiger partial charge on any atom is -0.466 e. The van der Waals surface area contributed by atoms with E-state index in [-0.39, 0.29) is 0 Å². The number of ether oxygens (including phenoxy) is 2. The van der Waals surface area contributed by atoms with Crippen LogP contribution in [-0.2, 0) is 20.8 Å². The van der Waals surface area contributed by atoms with Gasteiger partial charge in [0.15, 0.2) is 0 Å². The normalized spacial score (nSPS) is 10.8. The highest BCUT2D eigenvalue weighted by Crippen LogP contribution is 2.09. The summed E-state index contributed by atoms with van der Waals surface area (Å²) in [6.07, 6.45) is 0.886. The van der Waals surface area contributed by atoms with Crippen LogP contribution in [0.15, 0.2) is 42.1 Å². The summed E-state index contributed by atoms with van der Waals surface area (Å²) in [6, 6.07) is 9.42. The van der Waals surface area contributed by atoms with Crippen LogP contribution in [0.1, 0.15) is 12.5 Å². The first-order valence-corrected chi connectivity index (χ1v) is 5.73. The molecule has 0 aliphatic heterocycles. The molecule has 5 heteroatoms. The van der Waals surface area contributed by atoms with Gasteiger partial charge in [0.25, 0.3) is 0 Å². The SMILES string of the molecule is COC(=O)/C(C)=C/N(Cc1ccccc1)C(=O)OC. The molecule has 0 unspecified atom stereocenters. The van der Waals surface area contributed by atoms with Crippen molar-refractivity contribution >= 4 is 12.1 Å². The zero-order chi connectivity index (χ0) is 14.3. The maximum absolute atomic E-state index is 11.7. The van der Waals surface area contributed by atoms with Gasteiger partial charge in [-0.1, -0.05) is 30.3 Å². The van der Waals surface area contributed by atoms with Gasteiger partial charge in [0.2, 0.25) is 0 Å². The largest absolute Gasteiger partial charge is 0.466 e. The molecule has 0 fully saturated rings. The monoisotopic (exact) mass is 263 g/mol. The fraction of sp³-hybridized carbons (Fsp3) is 0.286. The third-order valence-electron chi connectivity index (χ3n) is 2.46. The molecule has 0 saturated heterocycles. The Balaban J connectivity index is 2.90. The maximum atomic E-state index is 11.7. The highest BCUT2D eigenvalue weighted by molar-refractivity contribution is 5.88. The second kappa shape index (κ2) is 7.20. The van der Waals surface area contributed by atoms with Gasteiger partial charge in [-0.3, -0.25) is 4.90 Å². The average Bonchev–Trinajstić information content (AvgIpc) is 2.45. The fourth-order valence-corrected chi connectivity index (χ4v) is 1.51. The number of rotatable bonds is 4. The Kier molecular flexibility index (Phi) is 5.60. The molecule has 5 nitrogen and oxygen atoms in total. The van der Waals surface area contributed by atoms with E-state index in [1.165, 1.54) is 25.3 Å². The number of carbonyl (C=O) groups is 2. The third kappa shape index (κ3) is 4.46. The van der Waals surface area contributed by atoms with Gasteiger partial charge in [0, 0.05) is 6.20 Å². The van der Waals surface area contributed by atoms with Crippen LogP contribution in [0.25, 0.3) is 0 Å². The number of hydrogen-bond acceptors (Lipinski definition) is 4. The van der Waals surface area contributed by atoms with Crippen molar-refractivity contribution in [3.63, 3.8) is 0 Å². The lowest BCUT2D eigenvalue weighted by Crippen LogP contribution is -2.26. The first-order chi connectivity index (χ1) is 9.08. The number of benzene rings is 1. The topological polar surface area (TPSA) is 55.8 Å². The van der Waals surface area contributed by atoms with Crippen LogP contribution in [0, 0.1) is 0 Å². The van der Waals surface area contributed by atoms with Crippen molar-refractivity contribution in [2.24, 2.45) is 0 Å². The highest BCUT2D eigenvalue weighted by Gasteiger charge is 2.14. The Morgan fingerprint density at radius 2 is 1.79 bits per heavy atom. The van der Waals surface area contributed by atoms with Crippen molar-refractivity contribution in [3.8, 4) is 0 Å².